The van der Waals surface area contributed by atoms with Crippen LogP contribution in [-0.2, 0) is 11.2 Å². The van der Waals surface area contributed by atoms with Crippen molar-refractivity contribution >= 4 is 11.9 Å². The summed E-state index contributed by atoms with van der Waals surface area (Å²) in [6, 6.07) is 9.81. The number of likely N-dealkylation sites (N-methyl/N-ethyl adjacent to an activating group) is 1. The van der Waals surface area contributed by atoms with Gasteiger partial charge in [0.15, 0.2) is 0 Å². The number of aryl methyl sites for hydroxylation is 1. The summed E-state index contributed by atoms with van der Waals surface area (Å²) < 4.78 is 0. The number of carbonyl (C=O) groups is 2. The highest BCUT2D eigenvalue weighted by Crippen LogP contribution is 2.01. The molecule has 0 aliphatic heterocycles. The van der Waals surface area contributed by atoms with Crippen molar-refractivity contribution in [2.75, 3.05) is 19.6 Å². The first-order valence-corrected chi connectivity index (χ1v) is 6.54. The van der Waals surface area contributed by atoms with Crippen molar-refractivity contribution in [2.45, 2.75) is 19.8 Å². The number of hydrogen-bond acceptors (Lipinski definition) is 2. The van der Waals surface area contributed by atoms with Gasteiger partial charge in [-0.05, 0) is 25.3 Å². The molecule has 0 spiro atoms. The van der Waals surface area contributed by atoms with Gasteiger partial charge in [-0.25, -0.2) is 4.79 Å². The van der Waals surface area contributed by atoms with Crippen LogP contribution in [0.2, 0.25) is 0 Å². The Bertz CT molecular complexity index is 393. The van der Waals surface area contributed by atoms with Crippen molar-refractivity contribution in [3.05, 3.63) is 35.9 Å². The van der Waals surface area contributed by atoms with Crippen LogP contribution in [0.1, 0.15) is 18.9 Å². The minimum atomic E-state index is -0.306. The number of amides is 3. The smallest absolute Gasteiger partial charge is 0.315 e. The van der Waals surface area contributed by atoms with Gasteiger partial charge in [-0.2, -0.15) is 0 Å². The maximum atomic E-state index is 11.4. The van der Waals surface area contributed by atoms with Crippen LogP contribution in [0, 0.1) is 0 Å². The fourth-order valence-electron chi connectivity index (χ4n) is 1.62. The summed E-state index contributed by atoms with van der Waals surface area (Å²) >= 11 is 0. The second kappa shape index (κ2) is 8.97. The van der Waals surface area contributed by atoms with Gasteiger partial charge in [-0.1, -0.05) is 30.3 Å². The molecule has 0 radical (unpaired) electrons. The third-order valence-electron chi connectivity index (χ3n) is 2.55. The summed E-state index contributed by atoms with van der Waals surface area (Å²) in [7, 11) is 0. The summed E-state index contributed by atoms with van der Waals surface area (Å²) in [4.78, 5) is 22.5. The molecule has 0 saturated heterocycles. The zero-order valence-corrected chi connectivity index (χ0v) is 11.2. The van der Waals surface area contributed by atoms with Crippen molar-refractivity contribution in [1.82, 2.24) is 16.0 Å². The standard InChI is InChI=1S/C14H21N3O2/c1-2-15-13(18)11-17-14(19)16-10-6-9-12-7-4-3-5-8-12/h3-5,7-8H,2,6,9-11H2,1H3,(H,15,18)(H2,16,17,19). The zero-order valence-electron chi connectivity index (χ0n) is 11.2. The Kier molecular flexibility index (Phi) is 7.09. The number of nitrogens with one attached hydrogen (secondary N) is 3. The van der Waals surface area contributed by atoms with Crippen molar-refractivity contribution in [3.63, 3.8) is 0 Å². The van der Waals surface area contributed by atoms with E-state index in [1.807, 2.05) is 25.1 Å². The molecule has 3 N–H and O–H groups in total. The largest absolute Gasteiger partial charge is 0.355 e. The summed E-state index contributed by atoms with van der Waals surface area (Å²) in [6.45, 7) is 3.01. The van der Waals surface area contributed by atoms with Crippen LogP contribution in [0.3, 0.4) is 0 Å². The molecule has 0 aliphatic rings. The van der Waals surface area contributed by atoms with Gasteiger partial charge < -0.3 is 16.0 Å². The van der Waals surface area contributed by atoms with Crippen molar-refractivity contribution in [2.24, 2.45) is 0 Å². The predicted molar refractivity (Wildman–Crippen MR) is 74.8 cm³/mol. The van der Waals surface area contributed by atoms with E-state index in [1.165, 1.54) is 5.56 Å². The molecule has 0 saturated carbocycles. The quantitative estimate of drug-likeness (QED) is 0.644. The summed E-state index contributed by atoms with van der Waals surface area (Å²) in [5.41, 5.74) is 1.26. The molecule has 0 aliphatic carbocycles. The van der Waals surface area contributed by atoms with E-state index >= 15 is 0 Å². The Morgan fingerprint density at radius 2 is 1.79 bits per heavy atom. The van der Waals surface area contributed by atoms with Crippen LogP contribution >= 0.6 is 0 Å². The van der Waals surface area contributed by atoms with E-state index in [9.17, 15) is 9.59 Å². The SMILES string of the molecule is CCNC(=O)CNC(=O)NCCCc1ccccc1. The molecule has 3 amide bonds. The van der Waals surface area contributed by atoms with Gasteiger partial charge in [0.05, 0.1) is 6.54 Å². The lowest BCUT2D eigenvalue weighted by Gasteiger charge is -2.07. The van der Waals surface area contributed by atoms with Crippen LogP contribution in [-0.4, -0.2) is 31.6 Å². The first-order chi connectivity index (χ1) is 9.22. The third kappa shape index (κ3) is 7.08. The fourth-order valence-corrected chi connectivity index (χ4v) is 1.62. The Morgan fingerprint density at radius 1 is 1.05 bits per heavy atom. The van der Waals surface area contributed by atoms with Crippen LogP contribution in [0.25, 0.3) is 0 Å². The molecule has 5 nitrogen and oxygen atoms in total. The molecule has 0 atom stereocenters. The van der Waals surface area contributed by atoms with E-state index in [2.05, 4.69) is 28.1 Å². The average molecular weight is 263 g/mol. The molecule has 0 bridgehead atoms. The predicted octanol–water partition coefficient (Wildman–Crippen LogP) is 1.05. The molecule has 0 heterocycles. The molecule has 0 aromatic heterocycles. The Morgan fingerprint density at radius 3 is 2.47 bits per heavy atom. The lowest BCUT2D eigenvalue weighted by molar-refractivity contribution is -0.119. The van der Waals surface area contributed by atoms with Crippen molar-refractivity contribution in [3.8, 4) is 0 Å². The highest BCUT2D eigenvalue weighted by molar-refractivity contribution is 5.83. The molecular formula is C14H21N3O2. The minimum Gasteiger partial charge on any atom is -0.355 e. The van der Waals surface area contributed by atoms with Crippen molar-refractivity contribution < 1.29 is 9.59 Å². The minimum absolute atomic E-state index is 0.0123. The summed E-state index contributed by atoms with van der Waals surface area (Å²) in [5, 5.41) is 7.83. The second-order valence-corrected chi connectivity index (χ2v) is 4.15. The first-order valence-electron chi connectivity index (χ1n) is 6.54. The normalized spacial score (nSPS) is 9.74. The zero-order chi connectivity index (χ0) is 13.9. The molecule has 0 fully saturated rings. The van der Waals surface area contributed by atoms with E-state index < -0.39 is 0 Å². The fraction of sp³-hybridized carbons (Fsp3) is 0.429. The number of hydrogen-bond donors (Lipinski definition) is 3. The van der Waals surface area contributed by atoms with Gasteiger partial charge >= 0.3 is 6.03 Å². The maximum absolute atomic E-state index is 11.4. The van der Waals surface area contributed by atoms with Gasteiger partial charge in [0.2, 0.25) is 5.91 Å². The first kappa shape index (κ1) is 15.0. The lowest BCUT2D eigenvalue weighted by atomic mass is 10.1. The van der Waals surface area contributed by atoms with Gasteiger partial charge in [-0.15, -0.1) is 0 Å². The van der Waals surface area contributed by atoms with Crippen LogP contribution in [0.4, 0.5) is 4.79 Å². The Balaban J connectivity index is 2.06. The Hall–Kier alpha value is -2.04. The van der Waals surface area contributed by atoms with Gasteiger partial charge in [0, 0.05) is 13.1 Å². The summed E-state index contributed by atoms with van der Waals surface area (Å²) in [6.07, 6.45) is 1.80. The molecule has 1 aromatic carbocycles. The van der Waals surface area contributed by atoms with E-state index in [4.69, 9.17) is 0 Å². The maximum Gasteiger partial charge on any atom is 0.315 e. The molecular weight excluding hydrogens is 242 g/mol. The molecule has 0 unspecified atom stereocenters. The van der Waals surface area contributed by atoms with Crippen molar-refractivity contribution in [1.29, 1.82) is 0 Å². The molecule has 5 heteroatoms. The molecule has 1 rings (SSSR count). The average Bonchev–Trinajstić information content (AvgIpc) is 2.43. The number of carbonyl (C=O) groups excluding carboxylic acids is 2. The third-order valence-corrected chi connectivity index (χ3v) is 2.55. The lowest BCUT2D eigenvalue weighted by Crippen LogP contribution is -2.42. The van der Waals surface area contributed by atoms with Crippen LogP contribution < -0.4 is 16.0 Å². The topological polar surface area (TPSA) is 70.2 Å². The monoisotopic (exact) mass is 263 g/mol. The molecule has 1 aromatic rings. The van der Waals surface area contributed by atoms with E-state index in [0.29, 0.717) is 13.1 Å². The molecule has 104 valence electrons. The Labute approximate surface area is 113 Å². The second-order valence-electron chi connectivity index (χ2n) is 4.15. The summed E-state index contributed by atoms with van der Waals surface area (Å²) in [5.74, 6) is -0.179. The number of benzene rings is 1. The number of rotatable bonds is 7. The molecule has 19 heavy (non-hydrogen) atoms. The van der Waals surface area contributed by atoms with Crippen LogP contribution in [0.5, 0.6) is 0 Å². The highest BCUT2D eigenvalue weighted by atomic mass is 16.2. The van der Waals surface area contributed by atoms with E-state index in [0.717, 1.165) is 12.8 Å². The van der Waals surface area contributed by atoms with E-state index in [-0.39, 0.29) is 18.5 Å². The van der Waals surface area contributed by atoms with E-state index in [1.54, 1.807) is 0 Å². The van der Waals surface area contributed by atoms with Gasteiger partial charge in [-0.3, -0.25) is 4.79 Å². The highest BCUT2D eigenvalue weighted by Gasteiger charge is 2.03. The van der Waals surface area contributed by atoms with Crippen LogP contribution in [0.15, 0.2) is 30.3 Å². The van der Waals surface area contributed by atoms with Gasteiger partial charge in [0.25, 0.3) is 0 Å². The number of urea groups is 1. The van der Waals surface area contributed by atoms with Gasteiger partial charge in [0.1, 0.15) is 0 Å².